The van der Waals surface area contributed by atoms with Crippen molar-refractivity contribution in [1.82, 2.24) is 10.3 Å². The van der Waals surface area contributed by atoms with E-state index in [9.17, 15) is 9.59 Å². The van der Waals surface area contributed by atoms with Crippen LogP contribution in [0.25, 0.3) is 0 Å². The topological polar surface area (TPSA) is 110 Å². The van der Waals surface area contributed by atoms with Crippen LogP contribution in [-0.4, -0.2) is 74.2 Å². The molecule has 1 aromatic carbocycles. The van der Waals surface area contributed by atoms with E-state index in [2.05, 4.69) is 10.5 Å². The Morgan fingerprint density at radius 2 is 2.08 bits per heavy atom. The van der Waals surface area contributed by atoms with Crippen LogP contribution >= 0.6 is 0 Å². The van der Waals surface area contributed by atoms with Crippen molar-refractivity contribution in [3.8, 4) is 11.5 Å². The lowest BCUT2D eigenvalue weighted by atomic mass is 10.2. The summed E-state index contributed by atoms with van der Waals surface area (Å²) in [6.45, 7) is 4.76. The largest absolute Gasteiger partial charge is 0.490 e. The highest BCUT2D eigenvalue weighted by molar-refractivity contribution is 5.84. The zero-order valence-corrected chi connectivity index (χ0v) is 14.6. The van der Waals surface area contributed by atoms with Gasteiger partial charge in [0.15, 0.2) is 18.1 Å². The van der Waals surface area contributed by atoms with Crippen molar-refractivity contribution in [2.75, 3.05) is 46.1 Å². The van der Waals surface area contributed by atoms with Gasteiger partial charge in [0.05, 0.1) is 32.6 Å². The molecule has 9 heteroatoms. The number of benzene rings is 1. The van der Waals surface area contributed by atoms with Gasteiger partial charge in [-0.15, -0.1) is 0 Å². The summed E-state index contributed by atoms with van der Waals surface area (Å²) in [4.78, 5) is 24.5. The average molecular weight is 365 g/mol. The molecule has 2 rings (SSSR count). The Hall–Kier alpha value is -2.65. The molecule has 26 heavy (non-hydrogen) atoms. The van der Waals surface area contributed by atoms with Gasteiger partial charge in [-0.25, -0.2) is 10.2 Å². The summed E-state index contributed by atoms with van der Waals surface area (Å²) in [6.07, 6.45) is 1.49. The van der Waals surface area contributed by atoms with Gasteiger partial charge < -0.3 is 19.3 Å². The van der Waals surface area contributed by atoms with Gasteiger partial charge in [0.2, 0.25) is 0 Å². The van der Waals surface area contributed by atoms with E-state index in [1.165, 1.54) is 6.21 Å². The molecule has 1 heterocycles. The third-order valence-electron chi connectivity index (χ3n) is 3.49. The van der Waals surface area contributed by atoms with E-state index in [1.54, 1.807) is 18.2 Å². The standard InChI is InChI=1S/C17H23N3O6/c1-2-25-15-9-13(3-4-14(15)26-12-17(22)23)10-18-19-16(21)11-20-5-7-24-8-6-20/h3-4,9-10H,2,5-8,11-12H2,1H3,(H,19,21)(H,22,23)/b18-10+. The highest BCUT2D eigenvalue weighted by Gasteiger charge is 2.13. The molecule has 9 nitrogen and oxygen atoms in total. The lowest BCUT2D eigenvalue weighted by Crippen LogP contribution is -2.42. The van der Waals surface area contributed by atoms with E-state index in [-0.39, 0.29) is 12.5 Å². The molecular formula is C17H23N3O6. The summed E-state index contributed by atoms with van der Waals surface area (Å²) in [6, 6.07) is 4.96. The molecule has 0 bridgehead atoms. The van der Waals surface area contributed by atoms with E-state index < -0.39 is 12.6 Å². The fourth-order valence-electron chi connectivity index (χ4n) is 2.31. The summed E-state index contributed by atoms with van der Waals surface area (Å²) < 4.78 is 15.9. The van der Waals surface area contributed by atoms with Crippen LogP contribution in [0.5, 0.6) is 11.5 Å². The maximum atomic E-state index is 11.9. The number of carboxylic acid groups (broad SMARTS) is 1. The lowest BCUT2D eigenvalue weighted by Gasteiger charge is -2.25. The van der Waals surface area contributed by atoms with Crippen molar-refractivity contribution in [2.45, 2.75) is 6.92 Å². The maximum Gasteiger partial charge on any atom is 0.341 e. The first kappa shape index (κ1) is 19.7. The molecule has 1 amide bonds. The first-order valence-electron chi connectivity index (χ1n) is 8.32. The predicted molar refractivity (Wildman–Crippen MR) is 93.7 cm³/mol. The van der Waals surface area contributed by atoms with Crippen LogP contribution in [0.1, 0.15) is 12.5 Å². The molecule has 0 spiro atoms. The zero-order chi connectivity index (χ0) is 18.8. The van der Waals surface area contributed by atoms with E-state index in [4.69, 9.17) is 19.3 Å². The van der Waals surface area contributed by atoms with E-state index in [0.717, 1.165) is 13.1 Å². The zero-order valence-electron chi connectivity index (χ0n) is 14.6. The predicted octanol–water partition coefficient (Wildman–Crippen LogP) is 0.331. The molecule has 2 N–H and O–H groups in total. The van der Waals surface area contributed by atoms with Crippen LogP contribution in [0.2, 0.25) is 0 Å². The Kier molecular flexibility index (Phi) is 7.84. The summed E-state index contributed by atoms with van der Waals surface area (Å²) >= 11 is 0. The Morgan fingerprint density at radius 3 is 2.77 bits per heavy atom. The molecular weight excluding hydrogens is 342 g/mol. The molecule has 1 aromatic rings. The van der Waals surface area contributed by atoms with Crippen molar-refractivity contribution in [3.63, 3.8) is 0 Å². The van der Waals surface area contributed by atoms with E-state index in [0.29, 0.717) is 36.9 Å². The average Bonchev–Trinajstić information content (AvgIpc) is 2.62. The molecule has 0 aliphatic carbocycles. The number of ether oxygens (including phenoxy) is 3. The minimum absolute atomic E-state index is 0.199. The fourth-order valence-corrected chi connectivity index (χ4v) is 2.31. The molecule has 142 valence electrons. The van der Waals surface area contributed by atoms with E-state index in [1.807, 2.05) is 11.8 Å². The van der Waals surface area contributed by atoms with Crippen molar-refractivity contribution in [2.24, 2.45) is 5.10 Å². The number of nitrogens with one attached hydrogen (secondary N) is 1. The molecule has 1 aliphatic heterocycles. The van der Waals surface area contributed by atoms with Crippen molar-refractivity contribution in [1.29, 1.82) is 0 Å². The lowest BCUT2D eigenvalue weighted by molar-refractivity contribution is -0.139. The van der Waals surface area contributed by atoms with Crippen LogP contribution in [0.3, 0.4) is 0 Å². The number of amides is 1. The monoisotopic (exact) mass is 365 g/mol. The quantitative estimate of drug-likeness (QED) is 0.479. The number of nitrogens with zero attached hydrogens (tertiary/aromatic N) is 2. The SMILES string of the molecule is CCOc1cc(/C=N/NC(=O)CN2CCOCC2)ccc1OCC(=O)O. The summed E-state index contributed by atoms with van der Waals surface area (Å²) in [5, 5.41) is 12.6. The number of hydrogen-bond donors (Lipinski definition) is 2. The maximum absolute atomic E-state index is 11.9. The summed E-state index contributed by atoms with van der Waals surface area (Å²) in [7, 11) is 0. The summed E-state index contributed by atoms with van der Waals surface area (Å²) in [5.74, 6) is -0.518. The Morgan fingerprint density at radius 1 is 1.31 bits per heavy atom. The molecule has 0 saturated carbocycles. The molecule has 0 atom stereocenters. The highest BCUT2D eigenvalue weighted by Crippen LogP contribution is 2.28. The van der Waals surface area contributed by atoms with Crippen molar-refractivity contribution in [3.05, 3.63) is 23.8 Å². The number of carbonyl (C=O) groups is 2. The van der Waals surface area contributed by atoms with Gasteiger partial charge in [0, 0.05) is 13.1 Å². The molecule has 1 fully saturated rings. The van der Waals surface area contributed by atoms with E-state index >= 15 is 0 Å². The Labute approximate surface area is 151 Å². The van der Waals surface area contributed by atoms with Gasteiger partial charge in [0.1, 0.15) is 0 Å². The number of rotatable bonds is 9. The van der Waals surface area contributed by atoms with Gasteiger partial charge >= 0.3 is 5.97 Å². The molecule has 0 radical (unpaired) electrons. The van der Waals surface area contributed by atoms with Crippen LogP contribution < -0.4 is 14.9 Å². The van der Waals surface area contributed by atoms with Gasteiger partial charge in [0.25, 0.3) is 5.91 Å². The van der Waals surface area contributed by atoms with Crippen LogP contribution in [0, 0.1) is 0 Å². The number of carboxylic acids is 1. The second-order valence-electron chi connectivity index (χ2n) is 5.50. The van der Waals surface area contributed by atoms with Crippen LogP contribution in [-0.2, 0) is 14.3 Å². The van der Waals surface area contributed by atoms with Gasteiger partial charge in [-0.05, 0) is 30.7 Å². The number of carbonyl (C=O) groups excluding carboxylic acids is 1. The number of aliphatic carboxylic acids is 1. The van der Waals surface area contributed by atoms with Crippen LogP contribution in [0.4, 0.5) is 0 Å². The smallest absolute Gasteiger partial charge is 0.341 e. The van der Waals surface area contributed by atoms with Crippen molar-refractivity contribution >= 4 is 18.1 Å². The third kappa shape index (κ3) is 6.69. The molecule has 1 saturated heterocycles. The Bertz CT molecular complexity index is 643. The summed E-state index contributed by atoms with van der Waals surface area (Å²) in [5.41, 5.74) is 3.17. The second kappa shape index (κ2) is 10.4. The fraction of sp³-hybridized carbons (Fsp3) is 0.471. The third-order valence-corrected chi connectivity index (χ3v) is 3.49. The second-order valence-corrected chi connectivity index (χ2v) is 5.50. The minimum Gasteiger partial charge on any atom is -0.490 e. The van der Waals surface area contributed by atoms with Crippen molar-refractivity contribution < 1.29 is 28.9 Å². The first-order chi connectivity index (χ1) is 12.6. The molecule has 0 unspecified atom stereocenters. The van der Waals surface area contributed by atoms with Gasteiger partial charge in [-0.1, -0.05) is 0 Å². The minimum atomic E-state index is -1.07. The first-order valence-corrected chi connectivity index (χ1v) is 8.32. The highest BCUT2D eigenvalue weighted by atomic mass is 16.5. The normalized spacial score (nSPS) is 15.0. The number of morpholine rings is 1. The molecule has 0 aromatic heterocycles. The van der Waals surface area contributed by atoms with Gasteiger partial charge in [-0.3, -0.25) is 9.69 Å². The molecule has 1 aliphatic rings. The van der Waals surface area contributed by atoms with Crippen LogP contribution in [0.15, 0.2) is 23.3 Å². The number of hydrazone groups is 1. The van der Waals surface area contributed by atoms with Gasteiger partial charge in [-0.2, -0.15) is 5.10 Å². The Balaban J connectivity index is 1.90. The number of hydrogen-bond acceptors (Lipinski definition) is 7.